The normalized spacial score (nSPS) is 19.2. The van der Waals surface area contributed by atoms with Gasteiger partial charge in [-0.25, -0.2) is 4.79 Å². The number of hydrogen-bond acceptors (Lipinski definition) is 2. The quantitative estimate of drug-likeness (QED) is 0.934. The summed E-state index contributed by atoms with van der Waals surface area (Å²) in [4.78, 5) is 11.1. The maximum absolute atomic E-state index is 11.1. The minimum Gasteiger partial charge on any atom is -0.477 e. The van der Waals surface area contributed by atoms with Gasteiger partial charge >= 0.3 is 5.97 Å². The zero-order valence-electron chi connectivity index (χ0n) is 9.78. The van der Waals surface area contributed by atoms with E-state index in [2.05, 4.69) is 22.9 Å². The van der Waals surface area contributed by atoms with Gasteiger partial charge in [0.1, 0.15) is 5.69 Å². The molecule has 1 aliphatic rings. The largest absolute Gasteiger partial charge is 0.477 e. The van der Waals surface area contributed by atoms with Crippen LogP contribution in [-0.4, -0.2) is 28.9 Å². The molecule has 0 radical (unpaired) electrons. The van der Waals surface area contributed by atoms with E-state index in [9.17, 15) is 4.79 Å². The van der Waals surface area contributed by atoms with E-state index in [1.54, 1.807) is 6.07 Å². The van der Waals surface area contributed by atoms with Crippen LogP contribution in [0, 0.1) is 5.41 Å². The first kappa shape index (κ1) is 12.6. The van der Waals surface area contributed by atoms with Gasteiger partial charge < -0.3 is 14.4 Å². The van der Waals surface area contributed by atoms with E-state index < -0.39 is 5.97 Å². The molecule has 2 rings (SSSR count). The van der Waals surface area contributed by atoms with E-state index in [1.165, 1.54) is 0 Å². The number of carboxylic acids is 1. The van der Waals surface area contributed by atoms with Crippen molar-refractivity contribution in [2.45, 2.75) is 26.3 Å². The average molecular weight is 302 g/mol. The van der Waals surface area contributed by atoms with Crippen molar-refractivity contribution in [1.82, 2.24) is 4.57 Å². The van der Waals surface area contributed by atoms with Crippen LogP contribution < -0.4 is 0 Å². The van der Waals surface area contributed by atoms with Crippen LogP contribution >= 0.6 is 15.9 Å². The van der Waals surface area contributed by atoms with Crippen molar-refractivity contribution in [2.75, 3.05) is 13.2 Å². The van der Waals surface area contributed by atoms with E-state index in [0.29, 0.717) is 5.69 Å². The van der Waals surface area contributed by atoms with E-state index in [-0.39, 0.29) is 5.41 Å². The van der Waals surface area contributed by atoms with Crippen molar-refractivity contribution in [3.05, 3.63) is 22.4 Å². The summed E-state index contributed by atoms with van der Waals surface area (Å²) in [7, 11) is 0. The summed E-state index contributed by atoms with van der Waals surface area (Å²) in [6.45, 7) is 4.45. The van der Waals surface area contributed by atoms with Gasteiger partial charge in [-0.15, -0.1) is 0 Å². The molecule has 0 saturated carbocycles. The highest BCUT2D eigenvalue weighted by molar-refractivity contribution is 9.10. The van der Waals surface area contributed by atoms with Gasteiger partial charge in [0.2, 0.25) is 0 Å². The molecule has 0 spiro atoms. The average Bonchev–Trinajstić information content (AvgIpc) is 2.59. The molecule has 4 nitrogen and oxygen atoms in total. The van der Waals surface area contributed by atoms with Gasteiger partial charge in [0.05, 0.1) is 0 Å². The van der Waals surface area contributed by atoms with Gasteiger partial charge in [0.25, 0.3) is 0 Å². The van der Waals surface area contributed by atoms with Crippen LogP contribution in [0.5, 0.6) is 0 Å². The van der Waals surface area contributed by atoms with Crippen molar-refractivity contribution < 1.29 is 14.6 Å². The topological polar surface area (TPSA) is 51.5 Å². The van der Waals surface area contributed by atoms with Crippen LogP contribution in [0.25, 0.3) is 0 Å². The van der Waals surface area contributed by atoms with Crippen LogP contribution in [0.3, 0.4) is 0 Å². The molecule has 0 atom stereocenters. The molecule has 1 saturated heterocycles. The van der Waals surface area contributed by atoms with Crippen LogP contribution in [0.4, 0.5) is 0 Å². The molecule has 1 fully saturated rings. The predicted octanol–water partition coefficient (Wildman–Crippen LogP) is 2.77. The number of nitrogens with zero attached hydrogens (tertiary/aromatic N) is 1. The summed E-state index contributed by atoms with van der Waals surface area (Å²) in [6.07, 6.45) is 3.79. The third-order valence-corrected chi connectivity index (χ3v) is 3.77. The number of halogens is 1. The fraction of sp³-hybridized carbons (Fsp3) is 0.583. The zero-order valence-corrected chi connectivity index (χ0v) is 11.4. The number of aromatic carboxylic acids is 1. The summed E-state index contributed by atoms with van der Waals surface area (Å²) in [5.41, 5.74) is 0.463. The third kappa shape index (κ3) is 2.90. The highest BCUT2D eigenvalue weighted by Gasteiger charge is 2.29. The molecular formula is C12H16BrNO3. The van der Waals surface area contributed by atoms with Crippen molar-refractivity contribution >= 4 is 21.9 Å². The standard InChI is InChI=1S/C12H16BrNO3/c1-12(2-4-17-5-3-12)8-14-7-9(13)6-10(14)11(15)16/h6-7H,2-5,8H2,1H3,(H,15,16). The van der Waals surface area contributed by atoms with Crippen LogP contribution in [0.15, 0.2) is 16.7 Å². The number of carbonyl (C=O) groups is 1. The smallest absolute Gasteiger partial charge is 0.352 e. The molecule has 94 valence electrons. The van der Waals surface area contributed by atoms with E-state index in [0.717, 1.165) is 37.1 Å². The summed E-state index contributed by atoms with van der Waals surface area (Å²) < 4.78 is 7.98. The Bertz CT molecular complexity index is 421. The second-order valence-electron chi connectivity index (χ2n) is 4.90. The molecule has 17 heavy (non-hydrogen) atoms. The summed E-state index contributed by atoms with van der Waals surface area (Å²) >= 11 is 3.32. The lowest BCUT2D eigenvalue weighted by Crippen LogP contribution is -2.31. The van der Waals surface area contributed by atoms with Crippen molar-refractivity contribution in [3.63, 3.8) is 0 Å². The maximum atomic E-state index is 11.1. The Kier molecular flexibility index (Phi) is 3.58. The molecule has 5 heteroatoms. The van der Waals surface area contributed by atoms with Gasteiger partial charge in [0.15, 0.2) is 0 Å². The lowest BCUT2D eigenvalue weighted by molar-refractivity contribution is 0.0150. The first-order valence-electron chi connectivity index (χ1n) is 5.67. The van der Waals surface area contributed by atoms with Gasteiger partial charge in [0, 0.05) is 30.4 Å². The third-order valence-electron chi connectivity index (χ3n) is 3.33. The molecule has 1 N–H and O–H groups in total. The van der Waals surface area contributed by atoms with Gasteiger partial charge in [-0.3, -0.25) is 0 Å². The SMILES string of the molecule is CC1(Cn2cc(Br)cc2C(=O)O)CCOCC1. The number of carboxylic acid groups (broad SMARTS) is 1. The fourth-order valence-corrected chi connectivity index (χ4v) is 2.68. The molecule has 1 aromatic heterocycles. The highest BCUT2D eigenvalue weighted by atomic mass is 79.9. The van der Waals surface area contributed by atoms with E-state index >= 15 is 0 Å². The van der Waals surface area contributed by atoms with Crippen molar-refractivity contribution in [3.8, 4) is 0 Å². The monoisotopic (exact) mass is 301 g/mol. The number of aromatic nitrogens is 1. The molecule has 0 bridgehead atoms. The fourth-order valence-electron chi connectivity index (χ4n) is 2.22. The molecule has 0 amide bonds. The predicted molar refractivity (Wildman–Crippen MR) is 67.3 cm³/mol. The van der Waals surface area contributed by atoms with Gasteiger partial charge in [-0.2, -0.15) is 0 Å². The highest BCUT2D eigenvalue weighted by Crippen LogP contribution is 2.32. The van der Waals surface area contributed by atoms with Crippen molar-refractivity contribution in [2.24, 2.45) is 5.41 Å². The summed E-state index contributed by atoms with van der Waals surface area (Å²) in [5.74, 6) is -0.883. The minimum atomic E-state index is -0.883. The van der Waals surface area contributed by atoms with Crippen LogP contribution in [-0.2, 0) is 11.3 Å². The Morgan fingerprint density at radius 1 is 1.59 bits per heavy atom. The lowest BCUT2D eigenvalue weighted by Gasteiger charge is -2.34. The van der Waals surface area contributed by atoms with Crippen molar-refractivity contribution in [1.29, 1.82) is 0 Å². The number of rotatable bonds is 3. The number of ether oxygens (including phenoxy) is 1. The van der Waals surface area contributed by atoms with Crippen LogP contribution in [0.1, 0.15) is 30.3 Å². The first-order chi connectivity index (χ1) is 8.00. The Labute approximate surface area is 109 Å². The minimum absolute atomic E-state index is 0.126. The Hall–Kier alpha value is -0.810. The van der Waals surface area contributed by atoms with Gasteiger partial charge in [-0.1, -0.05) is 6.92 Å². The summed E-state index contributed by atoms with van der Waals surface area (Å²) in [5, 5.41) is 9.13. The molecule has 0 aliphatic carbocycles. The summed E-state index contributed by atoms with van der Waals surface area (Å²) in [6, 6.07) is 1.64. The molecular weight excluding hydrogens is 286 g/mol. The van der Waals surface area contributed by atoms with Crippen LogP contribution in [0.2, 0.25) is 0 Å². The molecule has 2 heterocycles. The molecule has 1 aromatic rings. The Balaban J connectivity index is 2.19. The Morgan fingerprint density at radius 2 is 2.24 bits per heavy atom. The first-order valence-corrected chi connectivity index (χ1v) is 6.46. The molecule has 0 unspecified atom stereocenters. The number of hydrogen-bond donors (Lipinski definition) is 1. The molecule has 1 aliphatic heterocycles. The maximum Gasteiger partial charge on any atom is 0.352 e. The molecule has 0 aromatic carbocycles. The van der Waals surface area contributed by atoms with E-state index in [4.69, 9.17) is 9.84 Å². The van der Waals surface area contributed by atoms with Gasteiger partial charge in [-0.05, 0) is 40.3 Å². The second-order valence-corrected chi connectivity index (χ2v) is 5.82. The Morgan fingerprint density at radius 3 is 2.82 bits per heavy atom. The second kappa shape index (κ2) is 4.82. The zero-order chi connectivity index (χ0) is 12.5. The van der Waals surface area contributed by atoms with E-state index in [1.807, 2.05) is 10.8 Å². The lowest BCUT2D eigenvalue weighted by atomic mass is 9.82.